The molecular formula is C14H28O2. The van der Waals surface area contributed by atoms with Gasteiger partial charge in [-0.2, -0.15) is 0 Å². The molecule has 0 amide bonds. The summed E-state index contributed by atoms with van der Waals surface area (Å²) in [4.78, 5) is 0. The summed E-state index contributed by atoms with van der Waals surface area (Å²) in [6.45, 7) is 10.6. The zero-order valence-corrected chi connectivity index (χ0v) is 11.4. The number of rotatable bonds is 3. The van der Waals surface area contributed by atoms with Gasteiger partial charge in [-0.3, -0.25) is 0 Å². The van der Waals surface area contributed by atoms with Crippen molar-refractivity contribution in [2.45, 2.75) is 59.7 Å². The minimum atomic E-state index is -0.369. The van der Waals surface area contributed by atoms with Gasteiger partial charge in [0.1, 0.15) is 0 Å². The first-order chi connectivity index (χ1) is 7.36. The Kier molecular flexibility index (Phi) is 4.81. The molecular weight excluding hydrogens is 200 g/mol. The third-order valence-corrected chi connectivity index (χ3v) is 4.38. The van der Waals surface area contributed by atoms with E-state index in [0.29, 0.717) is 17.8 Å². The van der Waals surface area contributed by atoms with Crippen molar-refractivity contribution in [3.8, 4) is 0 Å². The summed E-state index contributed by atoms with van der Waals surface area (Å²) in [5.41, 5.74) is 0. The van der Waals surface area contributed by atoms with Gasteiger partial charge in [0.15, 0.2) is 0 Å². The second-order valence-corrected chi connectivity index (χ2v) is 6.27. The topological polar surface area (TPSA) is 40.5 Å². The molecule has 2 N–H and O–H groups in total. The molecule has 0 radical (unpaired) electrons. The third kappa shape index (κ3) is 2.78. The smallest absolute Gasteiger partial charge is 0.0626 e. The maximum atomic E-state index is 10.4. The van der Waals surface area contributed by atoms with Crippen molar-refractivity contribution < 1.29 is 10.2 Å². The first-order valence-corrected chi connectivity index (χ1v) is 6.72. The Hall–Kier alpha value is -0.0800. The van der Waals surface area contributed by atoms with Crippen molar-refractivity contribution in [1.82, 2.24) is 0 Å². The largest absolute Gasteiger partial charge is 0.392 e. The van der Waals surface area contributed by atoms with E-state index < -0.39 is 0 Å². The normalized spacial score (nSPS) is 38.1. The van der Waals surface area contributed by atoms with Crippen LogP contribution in [0.15, 0.2) is 0 Å². The molecule has 16 heavy (non-hydrogen) atoms. The van der Waals surface area contributed by atoms with Gasteiger partial charge in [-0.05, 0) is 36.5 Å². The number of aliphatic hydroxyl groups is 2. The van der Waals surface area contributed by atoms with Crippen molar-refractivity contribution in [2.75, 3.05) is 0 Å². The fourth-order valence-electron chi connectivity index (χ4n) is 3.15. The molecule has 0 aromatic heterocycles. The molecule has 0 aliphatic heterocycles. The molecule has 0 aromatic rings. The van der Waals surface area contributed by atoms with Gasteiger partial charge in [0.2, 0.25) is 0 Å². The lowest BCUT2D eigenvalue weighted by molar-refractivity contribution is -0.0932. The lowest BCUT2D eigenvalue weighted by atomic mass is 9.66. The van der Waals surface area contributed by atoms with Gasteiger partial charge in [-0.15, -0.1) is 0 Å². The number of aliphatic hydroxyl groups excluding tert-OH is 2. The third-order valence-electron chi connectivity index (χ3n) is 4.38. The molecule has 2 heteroatoms. The van der Waals surface area contributed by atoms with E-state index in [0.717, 1.165) is 12.8 Å². The highest BCUT2D eigenvalue weighted by atomic mass is 16.3. The molecule has 0 bridgehead atoms. The summed E-state index contributed by atoms with van der Waals surface area (Å²) in [6.07, 6.45) is 1.53. The molecule has 1 fully saturated rings. The minimum Gasteiger partial charge on any atom is -0.392 e. The quantitative estimate of drug-likeness (QED) is 0.779. The Labute approximate surface area is 100 Å². The minimum absolute atomic E-state index is 0.0566. The maximum Gasteiger partial charge on any atom is 0.0626 e. The lowest BCUT2D eigenvalue weighted by Crippen LogP contribution is -2.47. The number of hydrogen-bond acceptors (Lipinski definition) is 2. The van der Waals surface area contributed by atoms with Crippen LogP contribution in [-0.4, -0.2) is 22.4 Å². The van der Waals surface area contributed by atoms with Gasteiger partial charge in [0, 0.05) is 5.92 Å². The second kappa shape index (κ2) is 5.50. The highest BCUT2D eigenvalue weighted by Gasteiger charge is 2.41. The first kappa shape index (κ1) is 14.0. The average Bonchev–Trinajstić information content (AvgIpc) is 2.16. The average molecular weight is 228 g/mol. The van der Waals surface area contributed by atoms with Gasteiger partial charge in [-0.1, -0.05) is 34.6 Å². The standard InChI is InChI=1S/C14H28O2/c1-8(2)11-7-6-10(5)12(14(11)16)13(15)9(3)4/h8-16H,6-7H2,1-5H3/t10-,11-,12-,13-,14+/m1/s1. The zero-order valence-electron chi connectivity index (χ0n) is 11.4. The van der Waals surface area contributed by atoms with Crippen LogP contribution in [0.2, 0.25) is 0 Å². The van der Waals surface area contributed by atoms with E-state index >= 15 is 0 Å². The maximum absolute atomic E-state index is 10.4. The Morgan fingerprint density at radius 3 is 2.06 bits per heavy atom. The Morgan fingerprint density at radius 1 is 1.06 bits per heavy atom. The zero-order chi connectivity index (χ0) is 12.5. The van der Waals surface area contributed by atoms with E-state index in [-0.39, 0.29) is 24.0 Å². The van der Waals surface area contributed by atoms with Crippen LogP contribution in [0.5, 0.6) is 0 Å². The molecule has 0 heterocycles. The van der Waals surface area contributed by atoms with E-state index in [9.17, 15) is 10.2 Å². The van der Waals surface area contributed by atoms with Gasteiger partial charge in [0.25, 0.3) is 0 Å². The molecule has 0 saturated heterocycles. The Bertz CT molecular complexity index is 213. The van der Waals surface area contributed by atoms with Gasteiger partial charge in [0.05, 0.1) is 12.2 Å². The monoisotopic (exact) mass is 228 g/mol. The summed E-state index contributed by atoms with van der Waals surface area (Å²) < 4.78 is 0. The molecule has 1 rings (SSSR count). The van der Waals surface area contributed by atoms with E-state index in [1.165, 1.54) is 0 Å². The summed E-state index contributed by atoms with van der Waals surface area (Å²) in [7, 11) is 0. The lowest BCUT2D eigenvalue weighted by Gasteiger charge is -2.44. The fourth-order valence-corrected chi connectivity index (χ4v) is 3.15. The summed E-state index contributed by atoms with van der Waals surface area (Å²) in [5, 5.41) is 20.7. The molecule has 0 aromatic carbocycles. The van der Waals surface area contributed by atoms with Crippen molar-refractivity contribution in [1.29, 1.82) is 0 Å². The summed E-state index contributed by atoms with van der Waals surface area (Å²) in [6, 6.07) is 0. The first-order valence-electron chi connectivity index (χ1n) is 6.72. The van der Waals surface area contributed by atoms with E-state index in [4.69, 9.17) is 0 Å². The highest BCUT2D eigenvalue weighted by Crippen LogP contribution is 2.40. The molecule has 1 saturated carbocycles. The fraction of sp³-hybridized carbons (Fsp3) is 1.00. The van der Waals surface area contributed by atoms with E-state index in [1.54, 1.807) is 0 Å². The Morgan fingerprint density at radius 2 is 1.62 bits per heavy atom. The van der Waals surface area contributed by atoms with Gasteiger partial charge in [-0.25, -0.2) is 0 Å². The van der Waals surface area contributed by atoms with E-state index in [2.05, 4.69) is 20.8 Å². The predicted octanol–water partition coefficient (Wildman–Crippen LogP) is 2.68. The molecule has 2 nitrogen and oxygen atoms in total. The molecule has 0 spiro atoms. The molecule has 5 atom stereocenters. The van der Waals surface area contributed by atoms with Crippen LogP contribution >= 0.6 is 0 Å². The Balaban J connectivity index is 2.79. The molecule has 1 aliphatic carbocycles. The van der Waals surface area contributed by atoms with E-state index in [1.807, 2.05) is 13.8 Å². The molecule has 0 unspecified atom stereocenters. The summed E-state index contributed by atoms with van der Waals surface area (Å²) in [5.74, 6) is 1.58. The van der Waals surface area contributed by atoms with Crippen LogP contribution < -0.4 is 0 Å². The summed E-state index contributed by atoms with van der Waals surface area (Å²) >= 11 is 0. The van der Waals surface area contributed by atoms with Crippen LogP contribution in [0.1, 0.15) is 47.5 Å². The highest BCUT2D eigenvalue weighted by molar-refractivity contribution is 4.91. The predicted molar refractivity (Wildman–Crippen MR) is 67.1 cm³/mol. The van der Waals surface area contributed by atoms with Crippen LogP contribution in [0.3, 0.4) is 0 Å². The van der Waals surface area contributed by atoms with Crippen LogP contribution in [0, 0.1) is 29.6 Å². The van der Waals surface area contributed by atoms with Crippen LogP contribution in [0.4, 0.5) is 0 Å². The SMILES string of the molecule is CC(C)[C@@H](O)[C@@H]1[C@@H](O)[C@@H](C(C)C)CC[C@H]1C. The molecule has 96 valence electrons. The second-order valence-electron chi connectivity index (χ2n) is 6.27. The van der Waals surface area contributed by atoms with Gasteiger partial charge >= 0.3 is 0 Å². The van der Waals surface area contributed by atoms with Crippen molar-refractivity contribution in [3.63, 3.8) is 0 Å². The van der Waals surface area contributed by atoms with Crippen LogP contribution in [0.25, 0.3) is 0 Å². The van der Waals surface area contributed by atoms with Crippen molar-refractivity contribution in [2.24, 2.45) is 29.6 Å². The van der Waals surface area contributed by atoms with Crippen molar-refractivity contribution in [3.05, 3.63) is 0 Å². The van der Waals surface area contributed by atoms with Crippen LogP contribution in [-0.2, 0) is 0 Å². The number of hydrogen-bond donors (Lipinski definition) is 2. The van der Waals surface area contributed by atoms with Gasteiger partial charge < -0.3 is 10.2 Å². The van der Waals surface area contributed by atoms with Crippen molar-refractivity contribution >= 4 is 0 Å². The molecule has 1 aliphatic rings.